The Hall–Kier alpha value is -2.67. The molecule has 27 heavy (non-hydrogen) atoms. The largest absolute Gasteiger partial charge is 0.496 e. The Labute approximate surface area is 161 Å². The highest BCUT2D eigenvalue weighted by molar-refractivity contribution is 7.99. The van der Waals surface area contributed by atoms with Crippen molar-refractivity contribution in [3.8, 4) is 17.0 Å². The highest BCUT2D eigenvalue weighted by Gasteiger charge is 2.25. The van der Waals surface area contributed by atoms with Gasteiger partial charge in [0.1, 0.15) is 17.2 Å². The molecule has 6 nitrogen and oxygen atoms in total. The normalized spacial score (nSPS) is 17.5. The predicted molar refractivity (Wildman–Crippen MR) is 105 cm³/mol. The third kappa shape index (κ3) is 3.73. The van der Waals surface area contributed by atoms with Gasteiger partial charge in [-0.2, -0.15) is 5.10 Å². The first-order valence-electron chi connectivity index (χ1n) is 8.89. The fourth-order valence-electron chi connectivity index (χ4n) is 3.27. The number of para-hydroxylation sites is 1. The topological polar surface area (TPSA) is 71.4 Å². The number of aromatic amines is 1. The molecule has 140 valence electrons. The van der Waals surface area contributed by atoms with Crippen LogP contribution in [0.2, 0.25) is 0 Å². The van der Waals surface area contributed by atoms with Crippen molar-refractivity contribution >= 4 is 17.7 Å². The number of H-pyrrole nitrogens is 1. The van der Waals surface area contributed by atoms with E-state index in [1.165, 1.54) is 0 Å². The first-order chi connectivity index (χ1) is 13.3. The van der Waals surface area contributed by atoms with Crippen LogP contribution in [0.25, 0.3) is 11.3 Å². The van der Waals surface area contributed by atoms with E-state index in [0.717, 1.165) is 29.2 Å². The summed E-state index contributed by atoms with van der Waals surface area (Å²) in [6.45, 7) is 1.41. The molecule has 1 saturated heterocycles. The highest BCUT2D eigenvalue weighted by Crippen LogP contribution is 2.35. The van der Waals surface area contributed by atoms with Crippen LogP contribution in [-0.2, 0) is 0 Å². The average Bonchev–Trinajstić information content (AvgIpc) is 3.36. The minimum Gasteiger partial charge on any atom is -0.496 e. The van der Waals surface area contributed by atoms with Crippen LogP contribution in [0, 0.1) is 0 Å². The number of methoxy groups -OCH3 is 1. The number of benzene rings is 1. The molecule has 1 amide bonds. The van der Waals surface area contributed by atoms with E-state index in [2.05, 4.69) is 10.2 Å². The van der Waals surface area contributed by atoms with Crippen molar-refractivity contribution in [1.29, 1.82) is 0 Å². The zero-order chi connectivity index (χ0) is 18.6. The molecule has 0 saturated carbocycles. The van der Waals surface area contributed by atoms with Gasteiger partial charge in [0.25, 0.3) is 5.91 Å². The van der Waals surface area contributed by atoms with Crippen LogP contribution < -0.4 is 4.74 Å². The second-order valence-electron chi connectivity index (χ2n) is 6.32. The standard InChI is InChI=1S/C20H21N3O3S/c1-25-17-6-3-2-5-14(17)15-13-16(22-21-15)20(24)23-9-8-19(27-12-10-23)18-7-4-11-26-18/h2-7,11,13,19H,8-10,12H2,1H3,(H,21,22). The molecular weight excluding hydrogens is 362 g/mol. The van der Waals surface area contributed by atoms with Crippen LogP contribution in [-0.4, -0.2) is 47.0 Å². The van der Waals surface area contributed by atoms with E-state index >= 15 is 0 Å². The smallest absolute Gasteiger partial charge is 0.271 e. The van der Waals surface area contributed by atoms with Crippen molar-refractivity contribution in [2.75, 3.05) is 26.0 Å². The molecule has 1 atom stereocenters. The van der Waals surface area contributed by atoms with Crippen molar-refractivity contribution in [2.24, 2.45) is 0 Å². The number of rotatable bonds is 4. The third-order valence-corrected chi connectivity index (χ3v) is 5.97. The lowest BCUT2D eigenvalue weighted by Crippen LogP contribution is -2.33. The molecule has 0 bridgehead atoms. The van der Waals surface area contributed by atoms with Gasteiger partial charge < -0.3 is 14.1 Å². The molecule has 7 heteroatoms. The Morgan fingerprint density at radius 1 is 1.30 bits per heavy atom. The molecular formula is C20H21N3O3S. The Kier molecular flexibility index (Phi) is 5.20. The summed E-state index contributed by atoms with van der Waals surface area (Å²) in [6, 6.07) is 13.4. The second-order valence-corrected chi connectivity index (χ2v) is 7.63. The zero-order valence-corrected chi connectivity index (χ0v) is 15.9. The number of carbonyl (C=O) groups is 1. The number of amides is 1. The number of carbonyl (C=O) groups excluding carboxylic acids is 1. The minimum atomic E-state index is -0.0238. The van der Waals surface area contributed by atoms with Crippen LogP contribution in [0.3, 0.4) is 0 Å². The molecule has 1 unspecified atom stereocenters. The summed E-state index contributed by atoms with van der Waals surface area (Å²) < 4.78 is 10.9. The van der Waals surface area contributed by atoms with E-state index < -0.39 is 0 Å². The van der Waals surface area contributed by atoms with Gasteiger partial charge in [0, 0.05) is 24.4 Å². The van der Waals surface area contributed by atoms with Crippen molar-refractivity contribution in [3.63, 3.8) is 0 Å². The van der Waals surface area contributed by atoms with Gasteiger partial charge in [-0.1, -0.05) is 12.1 Å². The molecule has 4 rings (SSSR count). The Balaban J connectivity index is 1.48. The zero-order valence-electron chi connectivity index (χ0n) is 15.1. The first kappa shape index (κ1) is 17.7. The summed E-state index contributed by atoms with van der Waals surface area (Å²) in [7, 11) is 1.63. The van der Waals surface area contributed by atoms with Crippen molar-refractivity contribution in [1.82, 2.24) is 15.1 Å². The number of ether oxygens (including phenoxy) is 1. The Bertz CT molecular complexity index is 907. The summed E-state index contributed by atoms with van der Waals surface area (Å²) in [5.74, 6) is 2.57. The van der Waals surface area contributed by atoms with E-state index in [4.69, 9.17) is 9.15 Å². The number of nitrogens with one attached hydrogen (secondary N) is 1. The molecule has 0 spiro atoms. The van der Waals surface area contributed by atoms with Crippen LogP contribution in [0.5, 0.6) is 5.75 Å². The maximum absolute atomic E-state index is 12.9. The van der Waals surface area contributed by atoms with Crippen molar-refractivity contribution in [2.45, 2.75) is 11.7 Å². The average molecular weight is 383 g/mol. The van der Waals surface area contributed by atoms with E-state index in [1.807, 2.05) is 53.1 Å². The molecule has 3 heterocycles. The van der Waals surface area contributed by atoms with Crippen LogP contribution >= 0.6 is 11.8 Å². The first-order valence-corrected chi connectivity index (χ1v) is 9.94. The van der Waals surface area contributed by atoms with Gasteiger partial charge in [-0.05, 0) is 36.8 Å². The summed E-state index contributed by atoms with van der Waals surface area (Å²) in [5, 5.41) is 7.50. The quantitative estimate of drug-likeness (QED) is 0.737. The van der Waals surface area contributed by atoms with Gasteiger partial charge in [0.2, 0.25) is 0 Å². The summed E-state index contributed by atoms with van der Waals surface area (Å²) in [4.78, 5) is 14.8. The molecule has 1 aromatic carbocycles. The summed E-state index contributed by atoms with van der Waals surface area (Å²) in [5.41, 5.74) is 2.06. The lowest BCUT2D eigenvalue weighted by atomic mass is 10.1. The summed E-state index contributed by atoms with van der Waals surface area (Å²) in [6.07, 6.45) is 2.57. The van der Waals surface area contributed by atoms with E-state index in [0.29, 0.717) is 29.7 Å². The fraction of sp³-hybridized carbons (Fsp3) is 0.300. The number of furan rings is 1. The molecule has 0 aliphatic carbocycles. The van der Waals surface area contributed by atoms with Gasteiger partial charge >= 0.3 is 0 Å². The number of hydrogen-bond donors (Lipinski definition) is 1. The maximum Gasteiger partial charge on any atom is 0.271 e. The SMILES string of the molecule is COc1ccccc1-c1cc(C(=O)N2CCSC(c3ccco3)CC2)[nH]n1. The molecule has 2 aromatic heterocycles. The lowest BCUT2D eigenvalue weighted by molar-refractivity contribution is 0.0760. The maximum atomic E-state index is 12.9. The molecule has 3 aromatic rings. The lowest BCUT2D eigenvalue weighted by Gasteiger charge is -2.19. The molecule has 1 aliphatic heterocycles. The molecule has 1 fully saturated rings. The fourth-order valence-corrected chi connectivity index (χ4v) is 4.45. The van der Waals surface area contributed by atoms with Crippen molar-refractivity contribution in [3.05, 3.63) is 60.2 Å². The van der Waals surface area contributed by atoms with Gasteiger partial charge in [-0.15, -0.1) is 11.8 Å². The molecule has 0 radical (unpaired) electrons. The third-order valence-electron chi connectivity index (χ3n) is 4.68. The molecule has 1 aliphatic rings. The number of hydrogen-bond acceptors (Lipinski definition) is 5. The van der Waals surface area contributed by atoms with Gasteiger partial charge in [-0.3, -0.25) is 9.89 Å². The van der Waals surface area contributed by atoms with E-state index in [1.54, 1.807) is 19.4 Å². The Morgan fingerprint density at radius 3 is 3.00 bits per heavy atom. The highest BCUT2D eigenvalue weighted by atomic mass is 32.2. The number of aromatic nitrogens is 2. The van der Waals surface area contributed by atoms with E-state index in [9.17, 15) is 4.79 Å². The monoisotopic (exact) mass is 383 g/mol. The van der Waals surface area contributed by atoms with Gasteiger partial charge in [-0.25, -0.2) is 0 Å². The predicted octanol–water partition coefficient (Wildman–Crippen LogP) is 4.00. The van der Waals surface area contributed by atoms with Gasteiger partial charge in [0.15, 0.2) is 0 Å². The summed E-state index contributed by atoms with van der Waals surface area (Å²) >= 11 is 1.84. The van der Waals surface area contributed by atoms with Crippen LogP contribution in [0.15, 0.2) is 53.1 Å². The Morgan fingerprint density at radius 2 is 2.19 bits per heavy atom. The number of thioether (sulfide) groups is 1. The molecule has 1 N–H and O–H groups in total. The van der Waals surface area contributed by atoms with Crippen LogP contribution in [0.4, 0.5) is 0 Å². The van der Waals surface area contributed by atoms with Crippen LogP contribution in [0.1, 0.15) is 27.9 Å². The van der Waals surface area contributed by atoms with Crippen molar-refractivity contribution < 1.29 is 13.9 Å². The second kappa shape index (κ2) is 7.92. The van der Waals surface area contributed by atoms with E-state index in [-0.39, 0.29) is 5.91 Å². The minimum absolute atomic E-state index is 0.0238. The number of nitrogens with zero attached hydrogens (tertiary/aromatic N) is 2. The van der Waals surface area contributed by atoms with Gasteiger partial charge in [0.05, 0.1) is 24.3 Å².